The zero-order valence-corrected chi connectivity index (χ0v) is 16.5. The summed E-state index contributed by atoms with van der Waals surface area (Å²) in [5.41, 5.74) is 2.30. The molecule has 3 heterocycles. The predicted octanol–water partition coefficient (Wildman–Crippen LogP) is 3.80. The number of carbonyl (C=O) groups is 1. The highest BCUT2D eigenvalue weighted by atomic mass is 32.1. The van der Waals surface area contributed by atoms with Gasteiger partial charge in [0.25, 0.3) is 0 Å². The number of fused-ring (bicyclic) bond motifs is 1. The first kappa shape index (κ1) is 18.9. The second-order valence-electron chi connectivity index (χ2n) is 6.16. The first-order valence-corrected chi connectivity index (χ1v) is 9.54. The van der Waals surface area contributed by atoms with Gasteiger partial charge in [-0.2, -0.15) is 0 Å². The Bertz CT molecular complexity index is 1170. The van der Waals surface area contributed by atoms with Crippen LogP contribution in [-0.2, 0) is 11.2 Å². The molecule has 0 aliphatic rings. The lowest BCUT2D eigenvalue weighted by atomic mass is 10.1. The molecule has 0 saturated heterocycles. The number of nitrogens with one attached hydrogen (secondary N) is 1. The predicted molar refractivity (Wildman–Crippen MR) is 108 cm³/mol. The molecule has 148 valence electrons. The second-order valence-corrected chi connectivity index (χ2v) is 7.00. The topological polar surface area (TPSA) is 77.8 Å². The zero-order valence-electron chi connectivity index (χ0n) is 15.7. The van der Waals surface area contributed by atoms with Crippen molar-refractivity contribution >= 4 is 28.0 Å². The number of thiazole rings is 1. The molecule has 0 fully saturated rings. The van der Waals surface area contributed by atoms with Crippen molar-refractivity contribution < 1.29 is 18.7 Å². The van der Waals surface area contributed by atoms with Crippen LogP contribution < -0.4 is 14.8 Å². The molecule has 0 spiro atoms. The Hall–Kier alpha value is -3.46. The van der Waals surface area contributed by atoms with Gasteiger partial charge in [0, 0.05) is 22.8 Å². The van der Waals surface area contributed by atoms with Crippen LogP contribution in [0.25, 0.3) is 16.2 Å². The van der Waals surface area contributed by atoms with Gasteiger partial charge in [-0.3, -0.25) is 9.20 Å². The third kappa shape index (κ3) is 3.90. The molecule has 3 aromatic heterocycles. The van der Waals surface area contributed by atoms with Crippen molar-refractivity contribution in [3.8, 4) is 22.8 Å². The van der Waals surface area contributed by atoms with Crippen molar-refractivity contribution in [1.29, 1.82) is 0 Å². The third-order valence-corrected chi connectivity index (χ3v) is 5.19. The van der Waals surface area contributed by atoms with Crippen molar-refractivity contribution in [1.82, 2.24) is 14.4 Å². The largest absolute Gasteiger partial charge is 0.497 e. The van der Waals surface area contributed by atoms with Gasteiger partial charge < -0.3 is 14.8 Å². The summed E-state index contributed by atoms with van der Waals surface area (Å²) in [6.45, 7) is 0. The number of carbonyl (C=O) groups excluding carboxylic acids is 1. The number of nitrogens with zero attached hydrogens (tertiary/aromatic N) is 3. The first-order valence-electron chi connectivity index (χ1n) is 8.66. The number of ether oxygens (including phenoxy) is 2. The zero-order chi connectivity index (χ0) is 20.4. The fourth-order valence-corrected chi connectivity index (χ4v) is 3.77. The third-order valence-electron chi connectivity index (χ3n) is 4.30. The Morgan fingerprint density at radius 1 is 1.24 bits per heavy atom. The summed E-state index contributed by atoms with van der Waals surface area (Å²) in [6, 6.07) is 8.17. The van der Waals surface area contributed by atoms with Gasteiger partial charge in [-0.15, -0.1) is 11.3 Å². The quantitative estimate of drug-likeness (QED) is 0.521. The highest BCUT2D eigenvalue weighted by Crippen LogP contribution is 2.34. The number of hydrogen-bond acceptors (Lipinski definition) is 6. The van der Waals surface area contributed by atoms with Crippen LogP contribution >= 0.6 is 11.3 Å². The van der Waals surface area contributed by atoms with E-state index in [1.165, 1.54) is 23.5 Å². The van der Waals surface area contributed by atoms with E-state index in [0.29, 0.717) is 17.3 Å². The summed E-state index contributed by atoms with van der Waals surface area (Å²) in [7, 11) is 3.20. The lowest BCUT2D eigenvalue weighted by Crippen LogP contribution is -2.16. The van der Waals surface area contributed by atoms with Crippen LogP contribution in [-0.4, -0.2) is 34.5 Å². The molecule has 1 N–H and O–H groups in total. The van der Waals surface area contributed by atoms with Crippen LogP contribution in [0.15, 0.2) is 48.1 Å². The Morgan fingerprint density at radius 3 is 2.83 bits per heavy atom. The summed E-state index contributed by atoms with van der Waals surface area (Å²) in [5, 5.41) is 4.54. The molecule has 0 aliphatic heterocycles. The maximum atomic E-state index is 12.9. The maximum absolute atomic E-state index is 12.9. The number of methoxy groups -OCH3 is 2. The van der Waals surface area contributed by atoms with Crippen molar-refractivity contribution in [2.24, 2.45) is 0 Å². The van der Waals surface area contributed by atoms with E-state index < -0.39 is 5.82 Å². The van der Waals surface area contributed by atoms with E-state index in [9.17, 15) is 9.18 Å². The summed E-state index contributed by atoms with van der Waals surface area (Å²) < 4.78 is 25.6. The average Bonchev–Trinajstić information content (AvgIpc) is 3.31. The monoisotopic (exact) mass is 412 g/mol. The van der Waals surface area contributed by atoms with Crippen LogP contribution in [0.4, 0.5) is 10.2 Å². The molecule has 0 atom stereocenters. The molecule has 4 aromatic rings. The smallest absolute Gasteiger partial charge is 0.231 e. The minimum Gasteiger partial charge on any atom is -0.497 e. The lowest BCUT2D eigenvalue weighted by Gasteiger charge is -2.08. The molecule has 1 aromatic carbocycles. The van der Waals surface area contributed by atoms with Crippen molar-refractivity contribution in [3.05, 3.63) is 59.6 Å². The molecule has 29 heavy (non-hydrogen) atoms. The number of rotatable bonds is 6. The molecular formula is C20H17FN4O3S. The van der Waals surface area contributed by atoms with Crippen molar-refractivity contribution in [2.75, 3.05) is 19.5 Å². The number of amides is 1. The number of hydrogen-bond donors (Lipinski definition) is 1. The van der Waals surface area contributed by atoms with E-state index >= 15 is 0 Å². The molecule has 1 amide bonds. The fraction of sp³-hybridized carbons (Fsp3) is 0.150. The van der Waals surface area contributed by atoms with Crippen molar-refractivity contribution in [2.45, 2.75) is 6.42 Å². The molecule has 9 heteroatoms. The van der Waals surface area contributed by atoms with Crippen LogP contribution in [0.1, 0.15) is 5.69 Å². The van der Waals surface area contributed by atoms with Gasteiger partial charge in [0.2, 0.25) is 5.91 Å². The Balaban J connectivity index is 1.59. The Morgan fingerprint density at radius 2 is 2.10 bits per heavy atom. The first-order chi connectivity index (χ1) is 14.1. The molecular weight excluding hydrogens is 395 g/mol. The van der Waals surface area contributed by atoms with Crippen LogP contribution in [0, 0.1) is 5.82 Å². The molecule has 7 nitrogen and oxygen atoms in total. The maximum Gasteiger partial charge on any atom is 0.231 e. The van der Waals surface area contributed by atoms with Crippen LogP contribution in [0.2, 0.25) is 0 Å². The van der Waals surface area contributed by atoms with E-state index in [4.69, 9.17) is 9.47 Å². The van der Waals surface area contributed by atoms with Crippen LogP contribution in [0.3, 0.4) is 0 Å². The standard InChI is InChI=1S/C20H17FN4O3S/c1-27-14-4-5-17(28-2)15(8-14)16-10-25-13(11-29-20(25)23-16)7-19(26)24-18-6-3-12(21)9-22-18/h3-6,8-11H,7H2,1-2H3,(H,22,24,26). The lowest BCUT2D eigenvalue weighted by molar-refractivity contribution is -0.115. The summed E-state index contributed by atoms with van der Waals surface area (Å²) in [4.78, 5) is 21.6. The number of imidazole rings is 1. The summed E-state index contributed by atoms with van der Waals surface area (Å²) in [5.74, 6) is 0.969. The normalized spacial score (nSPS) is 10.9. The minimum atomic E-state index is -0.457. The van der Waals surface area contributed by atoms with E-state index in [2.05, 4.69) is 15.3 Å². The summed E-state index contributed by atoms with van der Waals surface area (Å²) >= 11 is 1.44. The number of aromatic nitrogens is 3. The average molecular weight is 412 g/mol. The molecule has 0 saturated carbocycles. The number of halogens is 1. The highest BCUT2D eigenvalue weighted by molar-refractivity contribution is 7.15. The molecule has 0 aliphatic carbocycles. The van der Waals surface area contributed by atoms with E-state index in [-0.39, 0.29) is 12.3 Å². The van der Waals surface area contributed by atoms with Gasteiger partial charge in [0.15, 0.2) is 4.96 Å². The minimum absolute atomic E-state index is 0.129. The van der Waals surface area contributed by atoms with E-state index in [1.54, 1.807) is 14.2 Å². The van der Waals surface area contributed by atoms with Gasteiger partial charge >= 0.3 is 0 Å². The highest BCUT2D eigenvalue weighted by Gasteiger charge is 2.16. The fourth-order valence-electron chi connectivity index (χ4n) is 2.90. The van der Waals surface area contributed by atoms with Gasteiger partial charge in [0.05, 0.1) is 32.5 Å². The van der Waals surface area contributed by atoms with Gasteiger partial charge in [0.1, 0.15) is 23.1 Å². The number of anilines is 1. The molecule has 0 unspecified atom stereocenters. The van der Waals surface area contributed by atoms with E-state index in [1.807, 2.05) is 34.2 Å². The second kappa shape index (κ2) is 7.88. The summed E-state index contributed by atoms with van der Waals surface area (Å²) in [6.07, 6.45) is 3.05. The number of pyridine rings is 1. The van der Waals surface area contributed by atoms with Crippen LogP contribution in [0.5, 0.6) is 11.5 Å². The van der Waals surface area contributed by atoms with Gasteiger partial charge in [-0.1, -0.05) is 0 Å². The SMILES string of the molecule is COc1ccc(OC)c(-c2cn3c(CC(=O)Nc4ccc(F)cn4)csc3n2)c1. The van der Waals surface area contributed by atoms with Crippen molar-refractivity contribution in [3.63, 3.8) is 0 Å². The molecule has 0 radical (unpaired) electrons. The molecule has 0 bridgehead atoms. The van der Waals surface area contributed by atoms with Gasteiger partial charge in [-0.25, -0.2) is 14.4 Å². The molecule has 4 rings (SSSR count). The Kier molecular flexibility index (Phi) is 5.13. The van der Waals surface area contributed by atoms with Gasteiger partial charge in [-0.05, 0) is 30.3 Å². The number of benzene rings is 1. The van der Waals surface area contributed by atoms with E-state index in [0.717, 1.165) is 28.1 Å². The Labute approximate surface area is 169 Å².